The fourth-order valence-electron chi connectivity index (χ4n) is 2.14. The second kappa shape index (κ2) is 7.09. The van der Waals surface area contributed by atoms with Crippen molar-refractivity contribution < 1.29 is 23.6 Å². The normalized spacial score (nSPS) is 11.0. The zero-order chi connectivity index (χ0) is 18.8. The summed E-state index contributed by atoms with van der Waals surface area (Å²) >= 11 is 6.13. The molecule has 26 heavy (non-hydrogen) atoms. The lowest BCUT2D eigenvalue weighted by atomic mass is 10.1. The van der Waals surface area contributed by atoms with Gasteiger partial charge in [0.2, 0.25) is 11.7 Å². The van der Waals surface area contributed by atoms with Gasteiger partial charge in [-0.1, -0.05) is 16.8 Å². The molecule has 0 spiro atoms. The average Bonchev–Trinajstić information content (AvgIpc) is 3.06. The largest absolute Gasteiger partial charge is 0.478 e. The highest BCUT2D eigenvalue weighted by Crippen LogP contribution is 2.29. The van der Waals surface area contributed by atoms with Gasteiger partial charge in [0.1, 0.15) is 10.8 Å². The van der Waals surface area contributed by atoms with E-state index in [4.69, 9.17) is 26.0 Å². The molecular weight excluding hydrogens is 365 g/mol. The molecular formula is C17H13ClFN3O4. The zero-order valence-corrected chi connectivity index (χ0v) is 14.5. The molecule has 0 aliphatic rings. The van der Waals surface area contributed by atoms with Gasteiger partial charge in [-0.15, -0.1) is 0 Å². The molecule has 9 heteroatoms. The predicted molar refractivity (Wildman–Crippen MR) is 90.7 cm³/mol. The highest BCUT2D eigenvalue weighted by atomic mass is 35.5. The second-order valence-electron chi connectivity index (χ2n) is 5.60. The molecule has 0 aliphatic heterocycles. The summed E-state index contributed by atoms with van der Waals surface area (Å²) in [6.07, 6.45) is 1.39. The first-order chi connectivity index (χ1) is 12.3. The van der Waals surface area contributed by atoms with E-state index in [1.165, 1.54) is 12.3 Å². The van der Waals surface area contributed by atoms with Crippen LogP contribution in [0.4, 0.5) is 4.39 Å². The van der Waals surface area contributed by atoms with Crippen LogP contribution in [0.1, 0.15) is 24.2 Å². The van der Waals surface area contributed by atoms with Gasteiger partial charge in [-0.05, 0) is 38.1 Å². The molecule has 2 aromatic heterocycles. The number of ether oxygens (including phenoxy) is 1. The first kappa shape index (κ1) is 17.8. The van der Waals surface area contributed by atoms with E-state index in [9.17, 15) is 9.18 Å². The van der Waals surface area contributed by atoms with Gasteiger partial charge in [-0.25, -0.2) is 14.2 Å². The molecule has 7 nitrogen and oxygen atoms in total. The van der Waals surface area contributed by atoms with Crippen molar-refractivity contribution >= 4 is 17.6 Å². The molecule has 3 rings (SSSR count). The Bertz CT molecular complexity index is 974. The van der Waals surface area contributed by atoms with Crippen LogP contribution in [0.25, 0.3) is 22.8 Å². The summed E-state index contributed by atoms with van der Waals surface area (Å²) in [5.41, 5.74) is 0.308. The SMILES string of the molecule is CC(C)Oc1ncc(-c2nc(-c3ccc(C(=O)O)c(F)c3)no2)cc1Cl. The quantitative estimate of drug-likeness (QED) is 0.715. The van der Waals surface area contributed by atoms with E-state index >= 15 is 0 Å². The third kappa shape index (κ3) is 3.65. The van der Waals surface area contributed by atoms with Gasteiger partial charge in [0, 0.05) is 11.8 Å². The monoisotopic (exact) mass is 377 g/mol. The number of rotatable bonds is 5. The Labute approximate surface area is 152 Å². The highest BCUT2D eigenvalue weighted by molar-refractivity contribution is 6.32. The fourth-order valence-corrected chi connectivity index (χ4v) is 2.35. The van der Waals surface area contributed by atoms with E-state index in [1.807, 2.05) is 13.8 Å². The topological polar surface area (TPSA) is 98.3 Å². The predicted octanol–water partition coefficient (Wildman–Crippen LogP) is 4.08. The van der Waals surface area contributed by atoms with Crippen molar-refractivity contribution in [3.8, 4) is 28.7 Å². The van der Waals surface area contributed by atoms with Crippen molar-refractivity contribution in [3.63, 3.8) is 0 Å². The van der Waals surface area contributed by atoms with Crippen LogP contribution in [0, 0.1) is 5.82 Å². The number of carboxylic acids is 1. The van der Waals surface area contributed by atoms with Gasteiger partial charge in [0.05, 0.1) is 17.2 Å². The number of aromatic carboxylic acids is 1. The molecule has 0 fully saturated rings. The maximum atomic E-state index is 13.8. The van der Waals surface area contributed by atoms with Crippen molar-refractivity contribution in [2.24, 2.45) is 0 Å². The standard InChI is InChI=1S/C17H13ClFN3O4/c1-8(2)25-16-12(18)5-10(7-20-16)15-21-14(22-26-15)9-3-4-11(17(23)24)13(19)6-9/h3-8H,1-2H3,(H,23,24). The van der Waals surface area contributed by atoms with E-state index in [0.29, 0.717) is 5.56 Å². The Balaban J connectivity index is 1.89. The highest BCUT2D eigenvalue weighted by Gasteiger charge is 2.16. The van der Waals surface area contributed by atoms with Crippen LogP contribution in [0.15, 0.2) is 35.0 Å². The van der Waals surface area contributed by atoms with E-state index in [-0.39, 0.29) is 34.3 Å². The maximum absolute atomic E-state index is 13.8. The fraction of sp³-hybridized carbons (Fsp3) is 0.176. The van der Waals surface area contributed by atoms with Crippen molar-refractivity contribution in [2.45, 2.75) is 20.0 Å². The molecule has 0 atom stereocenters. The number of carboxylic acid groups (broad SMARTS) is 1. The van der Waals surface area contributed by atoms with Gasteiger partial charge in [-0.2, -0.15) is 4.98 Å². The smallest absolute Gasteiger partial charge is 0.338 e. The van der Waals surface area contributed by atoms with E-state index < -0.39 is 17.3 Å². The summed E-state index contributed by atoms with van der Waals surface area (Å²) in [5, 5.41) is 12.9. The minimum atomic E-state index is -1.35. The lowest BCUT2D eigenvalue weighted by molar-refractivity contribution is 0.0692. The van der Waals surface area contributed by atoms with Crippen molar-refractivity contribution in [1.29, 1.82) is 0 Å². The number of nitrogens with zero attached hydrogens (tertiary/aromatic N) is 3. The van der Waals surface area contributed by atoms with E-state index in [0.717, 1.165) is 12.1 Å². The van der Waals surface area contributed by atoms with Crippen LogP contribution in [-0.4, -0.2) is 32.3 Å². The number of carbonyl (C=O) groups is 1. The molecule has 0 unspecified atom stereocenters. The Kier molecular flexibility index (Phi) is 4.85. The molecule has 0 radical (unpaired) electrons. The minimum Gasteiger partial charge on any atom is -0.478 e. The Hall–Kier alpha value is -3.00. The lowest BCUT2D eigenvalue weighted by Crippen LogP contribution is -2.07. The molecule has 0 amide bonds. The van der Waals surface area contributed by atoms with Crippen LogP contribution in [-0.2, 0) is 0 Å². The number of hydrogen-bond donors (Lipinski definition) is 1. The van der Waals surface area contributed by atoms with Crippen molar-refractivity contribution in [3.05, 3.63) is 46.9 Å². The summed E-state index contributed by atoms with van der Waals surface area (Å²) in [6.45, 7) is 3.70. The van der Waals surface area contributed by atoms with Crippen molar-refractivity contribution in [1.82, 2.24) is 15.1 Å². The maximum Gasteiger partial charge on any atom is 0.338 e. The van der Waals surface area contributed by atoms with Gasteiger partial charge in [0.25, 0.3) is 5.89 Å². The Morgan fingerprint density at radius 2 is 2.08 bits per heavy atom. The Morgan fingerprint density at radius 3 is 2.69 bits per heavy atom. The number of pyridine rings is 1. The summed E-state index contributed by atoms with van der Waals surface area (Å²) < 4.78 is 24.4. The molecule has 2 heterocycles. The number of hydrogen-bond acceptors (Lipinski definition) is 6. The summed E-state index contributed by atoms with van der Waals surface area (Å²) in [5.74, 6) is -1.72. The summed E-state index contributed by atoms with van der Waals surface area (Å²) in [4.78, 5) is 19.1. The van der Waals surface area contributed by atoms with Gasteiger partial charge in [-0.3, -0.25) is 0 Å². The third-order valence-electron chi connectivity index (χ3n) is 3.29. The average molecular weight is 378 g/mol. The van der Waals surface area contributed by atoms with Gasteiger partial charge >= 0.3 is 5.97 Å². The molecule has 0 saturated carbocycles. The van der Waals surface area contributed by atoms with Gasteiger partial charge < -0.3 is 14.4 Å². The van der Waals surface area contributed by atoms with Crippen LogP contribution < -0.4 is 4.74 Å². The van der Waals surface area contributed by atoms with Crippen LogP contribution in [0.3, 0.4) is 0 Å². The molecule has 3 aromatic rings. The molecule has 0 aliphatic carbocycles. The summed E-state index contributed by atoms with van der Waals surface area (Å²) in [7, 11) is 0. The molecule has 134 valence electrons. The van der Waals surface area contributed by atoms with E-state index in [1.54, 1.807) is 6.07 Å². The zero-order valence-electron chi connectivity index (χ0n) is 13.7. The lowest BCUT2D eigenvalue weighted by Gasteiger charge is -2.09. The first-order valence-electron chi connectivity index (χ1n) is 7.54. The first-order valence-corrected chi connectivity index (χ1v) is 7.92. The van der Waals surface area contributed by atoms with Crippen molar-refractivity contribution in [2.75, 3.05) is 0 Å². The number of aromatic nitrogens is 3. The minimum absolute atomic E-state index is 0.0791. The third-order valence-corrected chi connectivity index (χ3v) is 3.56. The van der Waals surface area contributed by atoms with Crippen LogP contribution in [0.5, 0.6) is 5.88 Å². The summed E-state index contributed by atoms with van der Waals surface area (Å²) in [6, 6.07) is 5.13. The molecule has 0 saturated heterocycles. The molecule has 1 N–H and O–H groups in total. The van der Waals surface area contributed by atoms with Crippen LogP contribution in [0.2, 0.25) is 5.02 Å². The van der Waals surface area contributed by atoms with Crippen LogP contribution >= 0.6 is 11.6 Å². The Morgan fingerprint density at radius 1 is 1.31 bits per heavy atom. The second-order valence-corrected chi connectivity index (χ2v) is 6.01. The van der Waals surface area contributed by atoms with Gasteiger partial charge in [0.15, 0.2) is 0 Å². The number of benzene rings is 1. The van der Waals surface area contributed by atoms with E-state index in [2.05, 4.69) is 15.1 Å². The molecule has 0 bridgehead atoms. The molecule has 1 aromatic carbocycles. The number of halogens is 2.